The highest BCUT2D eigenvalue weighted by molar-refractivity contribution is 6.18. The zero-order chi connectivity index (χ0) is 42.3. The van der Waals surface area contributed by atoms with Crippen molar-refractivity contribution in [3.63, 3.8) is 0 Å². The Balaban J connectivity index is 1.52. The smallest absolute Gasteiger partial charge is 0.412 e. The number of hydrogen-bond acceptors (Lipinski definition) is 11. The Bertz CT molecular complexity index is 1770. The van der Waals surface area contributed by atoms with E-state index in [2.05, 4.69) is 18.0 Å². The number of halogens is 1. The number of rotatable bonds is 21. The molecule has 7 atom stereocenters. The van der Waals surface area contributed by atoms with E-state index in [0.717, 1.165) is 55.2 Å². The fraction of sp³-hybridized carbons (Fsp3) is 0.587. The van der Waals surface area contributed by atoms with Gasteiger partial charge in [0.05, 0.1) is 30.7 Å². The highest BCUT2D eigenvalue weighted by atomic mass is 35.5. The number of allylic oxidation sites excluding steroid dienone is 1. The Labute approximate surface area is 359 Å². The second-order valence-corrected chi connectivity index (χ2v) is 16.3. The maximum absolute atomic E-state index is 14.1. The number of benzene rings is 2. The van der Waals surface area contributed by atoms with E-state index in [4.69, 9.17) is 45.3 Å². The third-order valence-corrected chi connectivity index (χ3v) is 12.1. The largest absolute Gasteiger partial charge is 0.459 e. The first-order valence-corrected chi connectivity index (χ1v) is 22.3. The summed E-state index contributed by atoms with van der Waals surface area (Å²) < 4.78 is 31.8. The van der Waals surface area contributed by atoms with Gasteiger partial charge in [0.25, 0.3) is 0 Å². The van der Waals surface area contributed by atoms with Crippen LogP contribution in [0, 0.1) is 17.8 Å². The molecule has 1 saturated heterocycles. The third kappa shape index (κ3) is 10.8. The summed E-state index contributed by atoms with van der Waals surface area (Å²) in [5.74, 6) is -1.23. The molecule has 4 aliphatic rings. The van der Waals surface area contributed by atoms with E-state index in [1.165, 1.54) is 0 Å². The number of ether oxygens (including phenoxy) is 5. The predicted octanol–water partition coefficient (Wildman–Crippen LogP) is 8.22. The Morgan fingerprint density at radius 2 is 1.88 bits per heavy atom. The molecule has 6 rings (SSSR count). The van der Waals surface area contributed by atoms with Crippen molar-refractivity contribution < 1.29 is 48.3 Å². The fourth-order valence-electron chi connectivity index (χ4n) is 9.37. The third-order valence-electron chi connectivity index (χ3n) is 11.9. The Morgan fingerprint density at radius 3 is 2.60 bits per heavy atom. The molecule has 3 N–H and O–H groups in total. The number of carbonyl (C=O) groups is 2. The summed E-state index contributed by atoms with van der Waals surface area (Å²) >= 11 is 6.02. The number of unbranched alkanes of at least 4 members (excludes halogenated alkanes) is 2. The summed E-state index contributed by atoms with van der Waals surface area (Å²) in [6.07, 6.45) is 10.2. The number of aliphatic hydroxyl groups is 2. The van der Waals surface area contributed by atoms with Crippen molar-refractivity contribution in [2.75, 3.05) is 45.5 Å². The van der Waals surface area contributed by atoms with Crippen LogP contribution in [-0.4, -0.2) is 96.6 Å². The molecule has 0 aromatic heterocycles. The van der Waals surface area contributed by atoms with Gasteiger partial charge in [0.1, 0.15) is 24.1 Å². The molecule has 60 heavy (non-hydrogen) atoms. The average molecular weight is 852 g/mol. The van der Waals surface area contributed by atoms with Crippen LogP contribution in [0.15, 0.2) is 78.0 Å². The number of amides is 2. The first-order chi connectivity index (χ1) is 29.4. The predicted molar refractivity (Wildman–Crippen MR) is 228 cm³/mol. The molecule has 14 heteroatoms. The minimum atomic E-state index is -1.45. The lowest BCUT2D eigenvalue weighted by molar-refractivity contribution is -0.255. The summed E-state index contributed by atoms with van der Waals surface area (Å²) in [7, 11) is 0. The van der Waals surface area contributed by atoms with Gasteiger partial charge in [-0.2, -0.15) is 0 Å². The van der Waals surface area contributed by atoms with E-state index in [9.17, 15) is 19.8 Å². The lowest BCUT2D eigenvalue weighted by Crippen LogP contribution is -2.70. The molecule has 2 heterocycles. The zero-order valence-corrected chi connectivity index (χ0v) is 35.6. The van der Waals surface area contributed by atoms with Crippen molar-refractivity contribution in [2.24, 2.45) is 22.9 Å². The first kappa shape index (κ1) is 45.4. The number of aliphatic hydroxyl groups excluding tert-OH is 2. The zero-order valence-electron chi connectivity index (χ0n) is 34.8. The first-order valence-electron chi connectivity index (χ1n) is 21.7. The molecular weight excluding hydrogens is 790 g/mol. The molecule has 0 bridgehead atoms. The lowest BCUT2D eigenvalue weighted by atomic mass is 9.55. The summed E-state index contributed by atoms with van der Waals surface area (Å²) in [5, 5.41) is 27.5. The van der Waals surface area contributed by atoms with Crippen LogP contribution >= 0.6 is 11.6 Å². The monoisotopic (exact) mass is 851 g/mol. The van der Waals surface area contributed by atoms with Gasteiger partial charge in [0, 0.05) is 50.6 Å². The second kappa shape index (κ2) is 22.6. The molecule has 13 nitrogen and oxygen atoms in total. The quantitative estimate of drug-likeness (QED) is 0.0484. The Hall–Kier alpha value is -4.14. The van der Waals surface area contributed by atoms with Gasteiger partial charge in [0.15, 0.2) is 0 Å². The van der Waals surface area contributed by atoms with Crippen molar-refractivity contribution in [3.8, 4) is 11.5 Å². The minimum Gasteiger partial charge on any atom is -0.459 e. The standard InChI is InChI=1S/C46H62ClN3O10/c1-3-22-50(45(54)56-27-21-47)40-30-38(49-60-41-18-10-13-26-55-41)36-28-33(16-8-11-23-51)35(17-9-12-24-52)42-37-29-34(58-44(53)48-31-32-14-6-5-7-15-32)19-20-39(37)59-46(40,43(36)42)57-25-4-2/h4-7,14-15,19-20,28-29,33,35,40-43,51-52H,2-3,8-13,16-18,21-27,30-31H2,1H3,(H,48,53). The Kier molecular flexibility index (Phi) is 17.1. The van der Waals surface area contributed by atoms with Crippen LogP contribution in [0.25, 0.3) is 0 Å². The number of hydrogen-bond donors (Lipinski definition) is 3. The van der Waals surface area contributed by atoms with Crippen LogP contribution < -0.4 is 14.8 Å². The van der Waals surface area contributed by atoms with Gasteiger partial charge in [-0.3, -0.25) is 4.90 Å². The van der Waals surface area contributed by atoms with Gasteiger partial charge in [-0.15, -0.1) is 18.2 Å². The molecule has 2 aromatic rings. The SMILES string of the molecule is C=CCOC12Oc3ccc(OC(=O)NCc4ccccc4)cc3C3C(CCCCO)C(CCCCO)C=C(C(=NOC4CCCCO4)CC1N(CCC)C(=O)OCCCl)C32. The Morgan fingerprint density at radius 1 is 1.08 bits per heavy atom. The van der Waals surface area contributed by atoms with Crippen molar-refractivity contribution in [2.45, 2.75) is 108 Å². The molecule has 0 radical (unpaired) electrons. The highest BCUT2D eigenvalue weighted by Gasteiger charge is 2.65. The van der Waals surface area contributed by atoms with Crippen LogP contribution in [0.1, 0.15) is 94.6 Å². The van der Waals surface area contributed by atoms with E-state index in [1.807, 2.05) is 49.4 Å². The van der Waals surface area contributed by atoms with Gasteiger partial charge in [-0.25, -0.2) is 9.59 Å². The van der Waals surface area contributed by atoms with Crippen molar-refractivity contribution in [1.29, 1.82) is 0 Å². The molecule has 2 amide bonds. The second-order valence-electron chi connectivity index (χ2n) is 15.9. The molecule has 0 spiro atoms. The number of alkyl halides is 1. The summed E-state index contributed by atoms with van der Waals surface area (Å²) in [6, 6.07) is 14.3. The van der Waals surface area contributed by atoms with Gasteiger partial charge in [0.2, 0.25) is 12.1 Å². The van der Waals surface area contributed by atoms with Gasteiger partial charge >= 0.3 is 12.2 Å². The number of carbonyl (C=O) groups excluding carboxylic acids is 2. The van der Waals surface area contributed by atoms with Crippen molar-refractivity contribution in [3.05, 3.63) is 84.0 Å². The van der Waals surface area contributed by atoms with Gasteiger partial charge < -0.3 is 44.1 Å². The molecule has 2 aromatic carbocycles. The fourth-order valence-corrected chi connectivity index (χ4v) is 9.44. The van der Waals surface area contributed by atoms with Crippen LogP contribution in [0.2, 0.25) is 0 Å². The summed E-state index contributed by atoms with van der Waals surface area (Å²) in [5.41, 5.74) is 3.33. The van der Waals surface area contributed by atoms with E-state index in [1.54, 1.807) is 17.0 Å². The van der Waals surface area contributed by atoms with Crippen LogP contribution in [0.5, 0.6) is 11.5 Å². The average Bonchev–Trinajstić information content (AvgIpc) is 3.27. The van der Waals surface area contributed by atoms with Gasteiger partial charge in [-0.05, 0) is 86.1 Å². The molecule has 7 unspecified atom stereocenters. The topological polar surface area (TPSA) is 158 Å². The molecule has 2 fully saturated rings. The molecule has 1 saturated carbocycles. The van der Waals surface area contributed by atoms with Crippen LogP contribution in [-0.2, 0) is 25.6 Å². The molecule has 328 valence electrons. The number of fused-ring (bicyclic) bond motifs is 2. The molecule has 2 aliphatic carbocycles. The van der Waals surface area contributed by atoms with E-state index in [0.29, 0.717) is 62.6 Å². The van der Waals surface area contributed by atoms with Crippen LogP contribution in [0.4, 0.5) is 9.59 Å². The number of nitrogens with one attached hydrogen (secondary N) is 1. The van der Waals surface area contributed by atoms with Gasteiger partial charge in [-0.1, -0.05) is 67.4 Å². The number of nitrogens with zero attached hydrogens (tertiary/aromatic N) is 2. The molecule has 2 aliphatic heterocycles. The summed E-state index contributed by atoms with van der Waals surface area (Å²) in [6.45, 7) is 7.52. The maximum Gasteiger partial charge on any atom is 0.412 e. The van der Waals surface area contributed by atoms with Crippen molar-refractivity contribution in [1.82, 2.24) is 10.2 Å². The maximum atomic E-state index is 14.1. The van der Waals surface area contributed by atoms with E-state index < -0.39 is 36.2 Å². The van der Waals surface area contributed by atoms with Crippen LogP contribution in [0.3, 0.4) is 0 Å². The van der Waals surface area contributed by atoms with E-state index in [-0.39, 0.29) is 56.5 Å². The highest BCUT2D eigenvalue weighted by Crippen LogP contribution is 2.62. The number of oxime groups is 1. The van der Waals surface area contributed by atoms with E-state index >= 15 is 0 Å². The molecular formula is C46H62ClN3O10. The minimum absolute atomic E-state index is 0.00840. The lowest BCUT2D eigenvalue weighted by Gasteiger charge is -2.59. The summed E-state index contributed by atoms with van der Waals surface area (Å²) in [4.78, 5) is 35.2. The van der Waals surface area contributed by atoms with Crippen molar-refractivity contribution >= 4 is 29.5 Å². The normalized spacial score (nSPS) is 26.1.